The first-order chi connectivity index (χ1) is 20.6. The van der Waals surface area contributed by atoms with E-state index in [4.69, 9.17) is 14.2 Å². The zero-order valence-electron chi connectivity index (χ0n) is 25.3. The van der Waals surface area contributed by atoms with Crippen LogP contribution in [-0.4, -0.2) is 60.3 Å². The first-order valence-electron chi connectivity index (χ1n) is 16.2. The molecule has 6 atom stereocenters. The van der Waals surface area contributed by atoms with Gasteiger partial charge in [0.25, 0.3) is 0 Å². The van der Waals surface area contributed by atoms with E-state index in [9.17, 15) is 0 Å². The molecule has 2 aliphatic carbocycles. The molecule has 5 unspecified atom stereocenters. The van der Waals surface area contributed by atoms with E-state index >= 15 is 0 Å². The van der Waals surface area contributed by atoms with Crippen molar-refractivity contribution in [3.63, 3.8) is 0 Å². The molecule has 1 saturated carbocycles. The number of ether oxygens (including phenoxy) is 3. The van der Waals surface area contributed by atoms with Crippen molar-refractivity contribution in [2.45, 2.75) is 81.7 Å². The van der Waals surface area contributed by atoms with Crippen LogP contribution in [0.4, 0.5) is 0 Å². The lowest BCUT2D eigenvalue weighted by Crippen LogP contribution is -2.71. The molecule has 3 aromatic rings. The van der Waals surface area contributed by atoms with Gasteiger partial charge in [-0.15, -0.1) is 0 Å². The molecule has 0 amide bonds. The van der Waals surface area contributed by atoms with Crippen molar-refractivity contribution in [3.8, 4) is 17.2 Å². The Labute approximate surface area is 250 Å². The van der Waals surface area contributed by atoms with Crippen LogP contribution in [0.3, 0.4) is 0 Å². The number of piperidine rings is 1. The zero-order chi connectivity index (χ0) is 28.5. The Bertz CT molecular complexity index is 1440. The van der Waals surface area contributed by atoms with Gasteiger partial charge in [0, 0.05) is 48.6 Å². The molecule has 0 radical (unpaired) electrons. The fourth-order valence-electron chi connectivity index (χ4n) is 9.64. The molecular formula is C37H44N2O3. The molecule has 2 bridgehead atoms. The number of hydrogen-bond acceptors (Lipinski definition) is 5. The van der Waals surface area contributed by atoms with E-state index in [1.165, 1.54) is 36.1 Å². The fourth-order valence-corrected chi connectivity index (χ4v) is 9.64. The highest BCUT2D eigenvalue weighted by Gasteiger charge is 2.74. The van der Waals surface area contributed by atoms with Crippen molar-refractivity contribution in [1.29, 1.82) is 0 Å². The van der Waals surface area contributed by atoms with E-state index in [1.54, 1.807) is 7.11 Å². The Morgan fingerprint density at radius 2 is 1.71 bits per heavy atom. The smallest absolute Gasteiger partial charge is 0.173 e. The number of likely N-dealkylation sites (tertiary alicyclic amines) is 2. The molecule has 0 aromatic heterocycles. The Kier molecular flexibility index (Phi) is 6.44. The van der Waals surface area contributed by atoms with Crippen LogP contribution >= 0.6 is 0 Å². The third-order valence-corrected chi connectivity index (χ3v) is 11.5. The Morgan fingerprint density at radius 3 is 2.43 bits per heavy atom. The van der Waals surface area contributed by atoms with Crippen molar-refractivity contribution < 1.29 is 14.2 Å². The van der Waals surface area contributed by atoms with Gasteiger partial charge in [0.15, 0.2) is 11.5 Å². The maximum atomic E-state index is 7.52. The minimum Gasteiger partial charge on any atom is -0.493 e. The average Bonchev–Trinajstić information content (AvgIpc) is 3.70. The standard InChI is InChI=1S/C37H44N2O3/c1-4-29-34-31(24-39(29)23-25-11-7-5-8-12-25)42-36(2)32-21-27-17-18-30(40-3)35(41-28-13-9-6-10-14-28)33(27)37(34,36)19-20-38(32)22-26-15-16-26/h5-14,17-18,26,29,31-32,34H,4,15-16,19-24H2,1-3H3/t29?,31-,32?,34?,36?,37?/m1/s1. The summed E-state index contributed by atoms with van der Waals surface area (Å²) in [4.78, 5) is 5.53. The van der Waals surface area contributed by atoms with Crippen molar-refractivity contribution >= 4 is 0 Å². The summed E-state index contributed by atoms with van der Waals surface area (Å²) in [7, 11) is 1.78. The molecule has 3 aromatic carbocycles. The lowest BCUT2D eigenvalue weighted by Gasteiger charge is -2.61. The summed E-state index contributed by atoms with van der Waals surface area (Å²) in [5, 5.41) is 0. The van der Waals surface area contributed by atoms with Crippen LogP contribution in [0, 0.1) is 11.8 Å². The Balaban J connectivity index is 1.29. The van der Waals surface area contributed by atoms with Crippen LogP contribution in [0.1, 0.15) is 56.2 Å². The van der Waals surface area contributed by atoms with Gasteiger partial charge in [-0.25, -0.2) is 0 Å². The zero-order valence-corrected chi connectivity index (χ0v) is 25.3. The SMILES string of the molecule is CCC1C2[C@@H](CN1Cc1ccccc1)OC1(C)C3Cc4ccc(OC)c(Oc5ccccc5)c4C21CCN3CC1CC1. The van der Waals surface area contributed by atoms with Crippen molar-refractivity contribution in [2.75, 3.05) is 26.7 Å². The Hall–Kier alpha value is -2.86. The van der Waals surface area contributed by atoms with Gasteiger partial charge in [-0.05, 0) is 80.8 Å². The topological polar surface area (TPSA) is 34.2 Å². The minimum atomic E-state index is -0.282. The van der Waals surface area contributed by atoms with E-state index in [2.05, 4.69) is 78.2 Å². The summed E-state index contributed by atoms with van der Waals surface area (Å²) in [6, 6.07) is 26.5. The predicted octanol–water partition coefficient (Wildman–Crippen LogP) is 6.83. The van der Waals surface area contributed by atoms with Gasteiger partial charge in [0.1, 0.15) is 5.75 Å². The van der Waals surface area contributed by atoms with Crippen LogP contribution in [0.15, 0.2) is 72.8 Å². The minimum absolute atomic E-state index is 0.152. The molecule has 5 aliphatic rings. The molecule has 5 heteroatoms. The van der Waals surface area contributed by atoms with Crippen LogP contribution in [0.25, 0.3) is 0 Å². The molecule has 3 aliphatic heterocycles. The maximum absolute atomic E-state index is 7.52. The second-order valence-electron chi connectivity index (χ2n) is 13.6. The third-order valence-electron chi connectivity index (χ3n) is 11.5. The number of rotatable bonds is 8. The van der Waals surface area contributed by atoms with E-state index in [0.717, 1.165) is 62.1 Å². The lowest BCUT2D eigenvalue weighted by atomic mass is 9.50. The first-order valence-corrected chi connectivity index (χ1v) is 16.2. The lowest BCUT2D eigenvalue weighted by molar-refractivity contribution is -0.145. The summed E-state index contributed by atoms with van der Waals surface area (Å²) in [5.74, 6) is 3.84. The average molecular weight is 565 g/mol. The summed E-state index contributed by atoms with van der Waals surface area (Å²) in [5.41, 5.74) is 3.73. The van der Waals surface area contributed by atoms with Crippen molar-refractivity contribution in [1.82, 2.24) is 9.80 Å². The van der Waals surface area contributed by atoms with Crippen molar-refractivity contribution in [3.05, 3.63) is 89.5 Å². The second-order valence-corrected chi connectivity index (χ2v) is 13.6. The number of nitrogens with zero attached hydrogens (tertiary/aromatic N) is 2. The molecule has 8 rings (SSSR count). The van der Waals surface area contributed by atoms with E-state index in [-0.39, 0.29) is 17.1 Å². The monoisotopic (exact) mass is 564 g/mol. The van der Waals surface area contributed by atoms with E-state index in [0.29, 0.717) is 18.0 Å². The highest BCUT2D eigenvalue weighted by Crippen LogP contribution is 2.68. The normalized spacial score (nSPS) is 33.6. The van der Waals surface area contributed by atoms with Gasteiger partial charge in [-0.3, -0.25) is 9.80 Å². The maximum Gasteiger partial charge on any atom is 0.173 e. The highest BCUT2D eigenvalue weighted by atomic mass is 16.5. The molecule has 220 valence electrons. The number of fused-ring (bicyclic) bond motifs is 2. The van der Waals surface area contributed by atoms with Gasteiger partial charge < -0.3 is 14.2 Å². The molecule has 0 spiro atoms. The summed E-state index contributed by atoms with van der Waals surface area (Å²) in [6.07, 6.45) is 6.17. The number of hydrogen-bond donors (Lipinski definition) is 0. The largest absolute Gasteiger partial charge is 0.493 e. The molecule has 4 fully saturated rings. The van der Waals surface area contributed by atoms with Crippen LogP contribution in [0.5, 0.6) is 17.2 Å². The molecule has 0 N–H and O–H groups in total. The van der Waals surface area contributed by atoms with Crippen LogP contribution in [0.2, 0.25) is 0 Å². The quantitative estimate of drug-likeness (QED) is 0.300. The summed E-state index contributed by atoms with van der Waals surface area (Å²) in [6.45, 7) is 9.15. The van der Waals surface area contributed by atoms with Crippen LogP contribution in [-0.2, 0) is 23.1 Å². The van der Waals surface area contributed by atoms with Gasteiger partial charge in [0.05, 0.1) is 18.8 Å². The molecule has 3 saturated heterocycles. The van der Waals surface area contributed by atoms with Gasteiger partial charge in [-0.1, -0.05) is 61.5 Å². The summed E-state index contributed by atoms with van der Waals surface area (Å²) >= 11 is 0. The molecular weight excluding hydrogens is 520 g/mol. The Morgan fingerprint density at radius 1 is 0.952 bits per heavy atom. The van der Waals surface area contributed by atoms with E-state index in [1.807, 2.05) is 18.2 Å². The highest BCUT2D eigenvalue weighted by molar-refractivity contribution is 5.61. The molecule has 42 heavy (non-hydrogen) atoms. The van der Waals surface area contributed by atoms with Crippen LogP contribution < -0.4 is 9.47 Å². The molecule has 3 heterocycles. The van der Waals surface area contributed by atoms with Gasteiger partial charge in [0.2, 0.25) is 0 Å². The third kappa shape index (κ3) is 3.93. The predicted molar refractivity (Wildman–Crippen MR) is 165 cm³/mol. The first kappa shape index (κ1) is 26.7. The number of methoxy groups -OCH3 is 1. The van der Waals surface area contributed by atoms with E-state index < -0.39 is 0 Å². The van der Waals surface area contributed by atoms with Gasteiger partial charge in [-0.2, -0.15) is 0 Å². The van der Waals surface area contributed by atoms with Crippen molar-refractivity contribution in [2.24, 2.45) is 11.8 Å². The number of benzene rings is 3. The summed E-state index contributed by atoms with van der Waals surface area (Å²) < 4.78 is 20.5. The number of para-hydroxylation sites is 1. The fraction of sp³-hybridized carbons (Fsp3) is 0.514. The second kappa shape index (κ2) is 10.1. The van der Waals surface area contributed by atoms with Gasteiger partial charge >= 0.3 is 0 Å². The molecule has 5 nitrogen and oxygen atoms in total.